The van der Waals surface area contributed by atoms with Gasteiger partial charge in [-0.1, -0.05) is 17.7 Å². The molecule has 1 amide bonds. The number of amides is 1. The first-order valence-electron chi connectivity index (χ1n) is 8.94. The van der Waals surface area contributed by atoms with Crippen molar-refractivity contribution in [3.05, 3.63) is 65.5 Å². The van der Waals surface area contributed by atoms with E-state index in [2.05, 4.69) is 27.8 Å². The Morgan fingerprint density at radius 3 is 2.88 bits per heavy atom. The largest absolute Gasteiger partial charge is 0.355 e. The number of anilines is 2. The van der Waals surface area contributed by atoms with Gasteiger partial charge >= 0.3 is 0 Å². The van der Waals surface area contributed by atoms with Gasteiger partial charge in [0.05, 0.1) is 11.6 Å². The third kappa shape index (κ3) is 4.93. The van der Waals surface area contributed by atoms with Crippen LogP contribution in [0.5, 0.6) is 0 Å². The number of carbonyl (C=O) groups excluding carboxylic acids is 1. The van der Waals surface area contributed by atoms with Crippen LogP contribution in [0.25, 0.3) is 0 Å². The minimum atomic E-state index is -0.171. The molecule has 132 valence electrons. The fourth-order valence-electron chi connectivity index (χ4n) is 3.02. The van der Waals surface area contributed by atoms with E-state index in [-0.39, 0.29) is 5.91 Å². The number of hydrogen-bond acceptors (Lipinski definition) is 4. The molecule has 0 fully saturated rings. The smallest absolute Gasteiger partial charge is 0.269 e. The average molecular weight is 346 g/mol. The molecule has 1 aliphatic rings. The zero-order chi connectivity index (χ0) is 18.2. The van der Waals surface area contributed by atoms with Crippen LogP contribution in [0.4, 0.5) is 11.4 Å². The number of nitrogens with one attached hydrogen (secondary N) is 2. The SMILES string of the molecule is N#Cc1cccc(Nc2ccnc(C(=O)NCCC3=CCCCC3)c2)c1. The summed E-state index contributed by atoms with van der Waals surface area (Å²) < 4.78 is 0. The number of hydrogen-bond donors (Lipinski definition) is 2. The van der Waals surface area contributed by atoms with Crippen LogP contribution in [-0.2, 0) is 0 Å². The van der Waals surface area contributed by atoms with Gasteiger partial charge in [0.1, 0.15) is 5.69 Å². The first kappa shape index (κ1) is 17.7. The predicted molar refractivity (Wildman–Crippen MR) is 102 cm³/mol. The summed E-state index contributed by atoms with van der Waals surface area (Å²) in [5.74, 6) is -0.171. The van der Waals surface area contributed by atoms with Gasteiger partial charge in [-0.25, -0.2) is 0 Å². The normalized spacial score (nSPS) is 13.4. The molecule has 0 aliphatic heterocycles. The van der Waals surface area contributed by atoms with Gasteiger partial charge in [-0.3, -0.25) is 9.78 Å². The molecule has 5 heteroatoms. The highest BCUT2D eigenvalue weighted by Gasteiger charge is 2.09. The van der Waals surface area contributed by atoms with Crippen LogP contribution in [0.3, 0.4) is 0 Å². The van der Waals surface area contributed by atoms with Crippen molar-refractivity contribution in [2.45, 2.75) is 32.1 Å². The van der Waals surface area contributed by atoms with Crippen molar-refractivity contribution in [3.63, 3.8) is 0 Å². The average Bonchev–Trinajstić information content (AvgIpc) is 2.69. The number of rotatable bonds is 6. The van der Waals surface area contributed by atoms with Gasteiger partial charge in [-0.2, -0.15) is 5.26 Å². The lowest BCUT2D eigenvalue weighted by molar-refractivity contribution is 0.0949. The maximum absolute atomic E-state index is 12.3. The number of nitriles is 1. The van der Waals surface area contributed by atoms with Crippen LogP contribution in [0.2, 0.25) is 0 Å². The monoisotopic (exact) mass is 346 g/mol. The van der Waals surface area contributed by atoms with E-state index in [1.807, 2.05) is 12.1 Å². The van der Waals surface area contributed by atoms with Gasteiger partial charge in [0.15, 0.2) is 0 Å². The van der Waals surface area contributed by atoms with Crippen LogP contribution < -0.4 is 10.6 Å². The second kappa shape index (κ2) is 8.82. The zero-order valence-electron chi connectivity index (χ0n) is 14.7. The van der Waals surface area contributed by atoms with Crippen molar-refractivity contribution in [2.24, 2.45) is 0 Å². The molecule has 0 unspecified atom stereocenters. The fourth-order valence-corrected chi connectivity index (χ4v) is 3.02. The Balaban J connectivity index is 1.58. The van der Waals surface area contributed by atoms with E-state index in [9.17, 15) is 4.79 Å². The minimum absolute atomic E-state index is 0.171. The summed E-state index contributed by atoms with van der Waals surface area (Å²) in [6.45, 7) is 0.633. The standard InChI is InChI=1S/C21H22N4O/c22-15-17-7-4-8-18(13-17)25-19-10-12-23-20(14-19)21(26)24-11-9-16-5-2-1-3-6-16/h4-5,7-8,10,12-14H,1-3,6,9,11H2,(H,23,25)(H,24,26). The first-order valence-corrected chi connectivity index (χ1v) is 8.94. The quantitative estimate of drug-likeness (QED) is 0.764. The Morgan fingerprint density at radius 1 is 1.19 bits per heavy atom. The van der Waals surface area contributed by atoms with Gasteiger partial charge < -0.3 is 10.6 Å². The zero-order valence-corrected chi connectivity index (χ0v) is 14.7. The summed E-state index contributed by atoms with van der Waals surface area (Å²) in [6.07, 6.45) is 9.65. The molecule has 0 radical (unpaired) electrons. The highest BCUT2D eigenvalue weighted by Crippen LogP contribution is 2.20. The Bertz CT molecular complexity index is 851. The van der Waals surface area contributed by atoms with Crippen LogP contribution in [0.15, 0.2) is 54.2 Å². The Kier molecular flexibility index (Phi) is 6.00. The number of nitrogens with zero attached hydrogens (tertiary/aromatic N) is 2. The number of allylic oxidation sites excluding steroid dienone is 1. The van der Waals surface area contributed by atoms with E-state index in [4.69, 9.17) is 5.26 Å². The van der Waals surface area contributed by atoms with Gasteiger partial charge in [-0.05, 0) is 62.4 Å². The summed E-state index contributed by atoms with van der Waals surface area (Å²) in [6, 6.07) is 12.8. The van der Waals surface area contributed by atoms with Crippen molar-refractivity contribution in [1.82, 2.24) is 10.3 Å². The Morgan fingerprint density at radius 2 is 2.08 bits per heavy atom. The molecule has 2 N–H and O–H groups in total. The number of benzene rings is 1. The topological polar surface area (TPSA) is 77.8 Å². The van der Waals surface area contributed by atoms with Gasteiger partial charge in [-0.15, -0.1) is 0 Å². The summed E-state index contributed by atoms with van der Waals surface area (Å²) in [4.78, 5) is 16.5. The number of carbonyl (C=O) groups is 1. The van der Waals surface area contributed by atoms with Crippen LogP contribution >= 0.6 is 0 Å². The molecule has 1 aromatic heterocycles. The molecule has 0 saturated heterocycles. The molecule has 1 aliphatic carbocycles. The Hall–Kier alpha value is -3.13. The molecule has 3 rings (SSSR count). The van der Waals surface area contributed by atoms with E-state index < -0.39 is 0 Å². The van der Waals surface area contributed by atoms with E-state index in [0.717, 1.165) is 30.6 Å². The summed E-state index contributed by atoms with van der Waals surface area (Å²) in [5.41, 5.74) is 3.96. The lowest BCUT2D eigenvalue weighted by Crippen LogP contribution is -2.25. The predicted octanol–water partition coefficient (Wildman–Crippen LogP) is 4.32. The minimum Gasteiger partial charge on any atom is -0.355 e. The molecule has 0 spiro atoms. The van der Waals surface area contributed by atoms with Crippen molar-refractivity contribution in [2.75, 3.05) is 11.9 Å². The third-order valence-electron chi connectivity index (χ3n) is 4.39. The maximum Gasteiger partial charge on any atom is 0.269 e. The second-order valence-electron chi connectivity index (χ2n) is 6.36. The molecule has 0 atom stereocenters. The highest BCUT2D eigenvalue weighted by atomic mass is 16.1. The number of aromatic nitrogens is 1. The van der Waals surface area contributed by atoms with Crippen LogP contribution in [0, 0.1) is 11.3 Å². The molecule has 0 saturated carbocycles. The highest BCUT2D eigenvalue weighted by molar-refractivity contribution is 5.93. The maximum atomic E-state index is 12.3. The first-order chi connectivity index (χ1) is 12.7. The molecule has 1 heterocycles. The Labute approximate surface area is 153 Å². The van der Waals surface area contributed by atoms with Crippen LogP contribution in [-0.4, -0.2) is 17.4 Å². The lowest BCUT2D eigenvalue weighted by atomic mass is 9.97. The lowest BCUT2D eigenvalue weighted by Gasteiger charge is -2.13. The molecule has 26 heavy (non-hydrogen) atoms. The molecule has 2 aromatic rings. The van der Waals surface area contributed by atoms with E-state index in [0.29, 0.717) is 17.8 Å². The van der Waals surface area contributed by atoms with Crippen molar-refractivity contribution in [3.8, 4) is 6.07 Å². The van der Waals surface area contributed by atoms with Crippen molar-refractivity contribution >= 4 is 17.3 Å². The van der Waals surface area contributed by atoms with E-state index in [1.165, 1.54) is 18.4 Å². The second-order valence-corrected chi connectivity index (χ2v) is 6.36. The summed E-state index contributed by atoms with van der Waals surface area (Å²) in [7, 11) is 0. The molecule has 1 aromatic carbocycles. The van der Waals surface area contributed by atoms with Crippen molar-refractivity contribution < 1.29 is 4.79 Å². The fraction of sp³-hybridized carbons (Fsp3) is 0.286. The van der Waals surface area contributed by atoms with Gasteiger partial charge in [0, 0.05) is 24.1 Å². The van der Waals surface area contributed by atoms with Gasteiger partial charge in [0.25, 0.3) is 5.91 Å². The molecular weight excluding hydrogens is 324 g/mol. The number of pyridine rings is 1. The summed E-state index contributed by atoms with van der Waals surface area (Å²) >= 11 is 0. The summed E-state index contributed by atoms with van der Waals surface area (Å²) in [5, 5.41) is 15.1. The van der Waals surface area contributed by atoms with E-state index >= 15 is 0 Å². The molecule has 5 nitrogen and oxygen atoms in total. The van der Waals surface area contributed by atoms with Crippen molar-refractivity contribution in [1.29, 1.82) is 5.26 Å². The molecule has 0 bridgehead atoms. The van der Waals surface area contributed by atoms with E-state index in [1.54, 1.807) is 30.5 Å². The molecular formula is C21H22N4O. The van der Waals surface area contributed by atoms with Crippen LogP contribution in [0.1, 0.15) is 48.2 Å². The third-order valence-corrected chi connectivity index (χ3v) is 4.39. The van der Waals surface area contributed by atoms with Gasteiger partial charge in [0.2, 0.25) is 0 Å².